The van der Waals surface area contributed by atoms with Gasteiger partial charge in [0.25, 0.3) is 0 Å². The lowest BCUT2D eigenvalue weighted by molar-refractivity contribution is -0.150. The highest BCUT2D eigenvalue weighted by Gasteiger charge is 2.39. The van der Waals surface area contributed by atoms with Crippen molar-refractivity contribution in [3.63, 3.8) is 0 Å². The van der Waals surface area contributed by atoms with Gasteiger partial charge < -0.3 is 37.2 Å². The van der Waals surface area contributed by atoms with Crippen LogP contribution in [0.15, 0.2) is 0 Å². The van der Waals surface area contributed by atoms with Crippen LogP contribution in [-0.2, 0) is 28.8 Å². The summed E-state index contributed by atoms with van der Waals surface area (Å²) in [7, 11) is 0. The highest BCUT2D eigenvalue weighted by molar-refractivity contribution is 5.95. The van der Waals surface area contributed by atoms with Gasteiger partial charge in [-0.3, -0.25) is 24.0 Å². The molecule has 1 fully saturated rings. The topological polar surface area (TPSA) is 222 Å². The van der Waals surface area contributed by atoms with E-state index in [0.29, 0.717) is 12.8 Å². The fourth-order valence-electron chi connectivity index (χ4n) is 3.35. The lowest BCUT2D eigenvalue weighted by Gasteiger charge is -2.30. The molecule has 1 rings (SSSR count). The van der Waals surface area contributed by atoms with Crippen LogP contribution in [0.3, 0.4) is 0 Å². The minimum atomic E-state index is -1.43. The summed E-state index contributed by atoms with van der Waals surface area (Å²) in [6, 6.07) is -4.80. The number of carbonyl (C=O) groups is 6. The van der Waals surface area contributed by atoms with Crippen molar-refractivity contribution in [2.45, 2.75) is 70.1 Å². The van der Waals surface area contributed by atoms with Crippen LogP contribution in [0.4, 0.5) is 0 Å². The predicted octanol–water partition coefficient (Wildman–Crippen LogP) is -2.24. The first-order valence-electron chi connectivity index (χ1n) is 10.2. The summed E-state index contributed by atoms with van der Waals surface area (Å²) < 4.78 is 0. The number of rotatable bonds is 12. The molecule has 13 heteroatoms. The standard InChI is InChI=1S/C19H31N5O8/c1-9(2)15(18(30)24-7-3-4-12(24)19(31)32)23-17(29)11(5-6-13(21)25)22-16(28)10(20)8-14(26)27/h9-12,15H,3-8,20H2,1-2H3,(H2,21,25)(H,22,28)(H,23,29)(H,26,27)(H,31,32). The van der Waals surface area contributed by atoms with Gasteiger partial charge in [0, 0.05) is 13.0 Å². The molecule has 0 bridgehead atoms. The van der Waals surface area contributed by atoms with Crippen molar-refractivity contribution in [3.8, 4) is 0 Å². The molecule has 13 nitrogen and oxygen atoms in total. The number of carbonyl (C=O) groups excluding carboxylic acids is 4. The van der Waals surface area contributed by atoms with Crippen LogP contribution in [0.25, 0.3) is 0 Å². The number of nitrogens with zero attached hydrogens (tertiary/aromatic N) is 1. The molecule has 4 unspecified atom stereocenters. The zero-order valence-electron chi connectivity index (χ0n) is 18.1. The number of hydrogen-bond acceptors (Lipinski definition) is 7. The second-order valence-corrected chi connectivity index (χ2v) is 8.03. The normalized spacial score (nSPS) is 18.5. The molecule has 0 aliphatic carbocycles. The van der Waals surface area contributed by atoms with Crippen molar-refractivity contribution in [2.75, 3.05) is 6.54 Å². The zero-order valence-corrected chi connectivity index (χ0v) is 18.1. The largest absolute Gasteiger partial charge is 0.481 e. The van der Waals surface area contributed by atoms with Gasteiger partial charge in [-0.05, 0) is 25.2 Å². The number of primary amides is 1. The smallest absolute Gasteiger partial charge is 0.326 e. The monoisotopic (exact) mass is 457 g/mol. The lowest BCUT2D eigenvalue weighted by Crippen LogP contribution is -2.58. The summed E-state index contributed by atoms with van der Waals surface area (Å²) in [6.07, 6.45) is -0.319. The molecule has 1 heterocycles. The Hall–Kier alpha value is -3.22. The molecule has 0 radical (unpaired) electrons. The van der Waals surface area contributed by atoms with Gasteiger partial charge in [0.2, 0.25) is 23.6 Å². The second-order valence-electron chi connectivity index (χ2n) is 8.03. The molecule has 1 aliphatic rings. The van der Waals surface area contributed by atoms with Gasteiger partial charge in [-0.2, -0.15) is 0 Å². The summed E-state index contributed by atoms with van der Waals surface area (Å²) in [5, 5.41) is 22.9. The van der Waals surface area contributed by atoms with Crippen molar-refractivity contribution in [1.29, 1.82) is 0 Å². The van der Waals surface area contributed by atoms with Crippen LogP contribution in [0.2, 0.25) is 0 Å². The van der Waals surface area contributed by atoms with E-state index in [1.807, 2.05) is 0 Å². The molecule has 4 amide bonds. The first-order chi connectivity index (χ1) is 14.8. The van der Waals surface area contributed by atoms with Gasteiger partial charge in [-0.1, -0.05) is 13.8 Å². The molecule has 1 aliphatic heterocycles. The van der Waals surface area contributed by atoms with E-state index < -0.39 is 72.1 Å². The number of carboxylic acids is 2. The highest BCUT2D eigenvalue weighted by Crippen LogP contribution is 2.20. The van der Waals surface area contributed by atoms with Crippen LogP contribution >= 0.6 is 0 Å². The van der Waals surface area contributed by atoms with Crippen LogP contribution in [0, 0.1) is 5.92 Å². The van der Waals surface area contributed by atoms with E-state index in [9.17, 15) is 33.9 Å². The Balaban J connectivity index is 2.98. The fraction of sp³-hybridized carbons (Fsp3) is 0.684. The average molecular weight is 457 g/mol. The van der Waals surface area contributed by atoms with Crippen molar-refractivity contribution in [2.24, 2.45) is 17.4 Å². The van der Waals surface area contributed by atoms with Crippen LogP contribution in [0.5, 0.6) is 0 Å². The van der Waals surface area contributed by atoms with E-state index in [1.165, 1.54) is 4.90 Å². The maximum atomic E-state index is 13.0. The molecule has 0 aromatic carbocycles. The third-order valence-electron chi connectivity index (χ3n) is 5.10. The Morgan fingerprint density at radius 3 is 2.19 bits per heavy atom. The van der Waals surface area contributed by atoms with E-state index in [2.05, 4.69) is 10.6 Å². The number of nitrogens with one attached hydrogen (secondary N) is 2. The third kappa shape index (κ3) is 7.80. The van der Waals surface area contributed by atoms with Crippen molar-refractivity contribution in [1.82, 2.24) is 15.5 Å². The van der Waals surface area contributed by atoms with Crippen LogP contribution in [-0.4, -0.2) is 81.4 Å². The summed E-state index contributed by atoms with van der Waals surface area (Å²) >= 11 is 0. The fourth-order valence-corrected chi connectivity index (χ4v) is 3.35. The Morgan fingerprint density at radius 2 is 1.69 bits per heavy atom. The molecule has 0 saturated carbocycles. The average Bonchev–Trinajstić information content (AvgIpc) is 3.17. The number of carboxylic acid groups (broad SMARTS) is 2. The first kappa shape index (κ1) is 26.8. The third-order valence-corrected chi connectivity index (χ3v) is 5.10. The molecule has 0 aromatic heterocycles. The van der Waals surface area contributed by atoms with Crippen molar-refractivity contribution >= 4 is 35.6 Å². The molecule has 8 N–H and O–H groups in total. The maximum Gasteiger partial charge on any atom is 0.326 e. The molecular formula is C19H31N5O8. The molecule has 180 valence electrons. The second kappa shape index (κ2) is 12.0. The van der Waals surface area contributed by atoms with Crippen molar-refractivity contribution in [3.05, 3.63) is 0 Å². The van der Waals surface area contributed by atoms with E-state index >= 15 is 0 Å². The Kier molecular flexibility index (Phi) is 10.0. The summed E-state index contributed by atoms with van der Waals surface area (Å²) in [5.41, 5.74) is 10.6. The van der Waals surface area contributed by atoms with E-state index in [-0.39, 0.29) is 19.4 Å². The predicted molar refractivity (Wildman–Crippen MR) is 110 cm³/mol. The van der Waals surface area contributed by atoms with Crippen LogP contribution in [0.1, 0.15) is 46.0 Å². The van der Waals surface area contributed by atoms with Gasteiger partial charge >= 0.3 is 11.9 Å². The van der Waals surface area contributed by atoms with E-state index in [4.69, 9.17) is 16.6 Å². The number of likely N-dealkylation sites (tertiary alicyclic amines) is 1. The minimum absolute atomic E-state index is 0.201. The van der Waals surface area contributed by atoms with Crippen molar-refractivity contribution < 1.29 is 39.0 Å². The van der Waals surface area contributed by atoms with Gasteiger partial charge in [0.15, 0.2) is 0 Å². The summed E-state index contributed by atoms with van der Waals surface area (Å²) in [4.78, 5) is 72.6. The van der Waals surface area contributed by atoms with Gasteiger partial charge in [0.05, 0.1) is 12.5 Å². The Morgan fingerprint density at radius 1 is 1.06 bits per heavy atom. The number of aliphatic carboxylic acids is 2. The molecule has 0 aromatic rings. The SMILES string of the molecule is CC(C)C(NC(=O)C(CCC(N)=O)NC(=O)C(N)CC(=O)O)C(=O)N1CCCC1C(=O)O. The molecule has 32 heavy (non-hydrogen) atoms. The van der Waals surface area contributed by atoms with E-state index in [1.54, 1.807) is 13.8 Å². The number of amides is 4. The molecular weight excluding hydrogens is 426 g/mol. The van der Waals surface area contributed by atoms with Gasteiger partial charge in [-0.15, -0.1) is 0 Å². The Bertz CT molecular complexity index is 756. The number of hydrogen-bond donors (Lipinski definition) is 6. The molecule has 0 spiro atoms. The van der Waals surface area contributed by atoms with Gasteiger partial charge in [0.1, 0.15) is 18.1 Å². The summed E-state index contributed by atoms with van der Waals surface area (Å²) in [6.45, 7) is 3.56. The quantitative estimate of drug-likeness (QED) is 0.186. The molecule has 4 atom stereocenters. The van der Waals surface area contributed by atoms with Crippen LogP contribution < -0.4 is 22.1 Å². The first-order valence-corrected chi connectivity index (χ1v) is 10.2. The Labute approximate surface area is 184 Å². The molecule has 1 saturated heterocycles. The number of nitrogens with two attached hydrogens (primary N) is 2. The lowest BCUT2D eigenvalue weighted by atomic mass is 10.0. The van der Waals surface area contributed by atoms with Gasteiger partial charge in [-0.25, -0.2) is 4.79 Å². The minimum Gasteiger partial charge on any atom is -0.481 e. The summed E-state index contributed by atoms with van der Waals surface area (Å²) in [5.74, 6) is -5.89. The maximum absolute atomic E-state index is 13.0. The zero-order chi connectivity index (χ0) is 24.6. The van der Waals surface area contributed by atoms with E-state index in [0.717, 1.165) is 0 Å². The highest BCUT2D eigenvalue weighted by atomic mass is 16.4.